The molecule has 0 saturated heterocycles. The zero-order chi connectivity index (χ0) is 12.8. The van der Waals surface area contributed by atoms with E-state index in [1.807, 2.05) is 51.8 Å². The highest BCUT2D eigenvalue weighted by Crippen LogP contribution is 2.19. The Kier molecular flexibility index (Phi) is 1.91. The van der Waals surface area contributed by atoms with E-state index in [0.717, 1.165) is 22.1 Å². The van der Waals surface area contributed by atoms with Crippen LogP contribution < -0.4 is 5.73 Å². The van der Waals surface area contributed by atoms with Gasteiger partial charge in [0.1, 0.15) is 12.7 Å². The lowest BCUT2D eigenvalue weighted by molar-refractivity contribution is 0.702. The molecule has 0 bridgehead atoms. The zero-order valence-electron chi connectivity index (χ0n) is 10.1. The summed E-state index contributed by atoms with van der Waals surface area (Å²) in [7, 11) is 0. The molecular weight excluding hydrogens is 238 g/mol. The van der Waals surface area contributed by atoms with E-state index in [-0.39, 0.29) is 0 Å². The number of para-hydroxylation sites is 2. The summed E-state index contributed by atoms with van der Waals surface area (Å²) in [6.45, 7) is 0. The van der Waals surface area contributed by atoms with Crippen molar-refractivity contribution in [1.29, 1.82) is 0 Å². The van der Waals surface area contributed by atoms with Crippen LogP contribution in [-0.4, -0.2) is 19.3 Å². The maximum absolute atomic E-state index is 5.77. The van der Waals surface area contributed by atoms with E-state index in [2.05, 4.69) is 9.97 Å². The van der Waals surface area contributed by atoms with Crippen molar-refractivity contribution in [2.45, 2.75) is 0 Å². The minimum absolute atomic E-state index is 0.716. The summed E-state index contributed by atoms with van der Waals surface area (Å²) >= 11 is 0. The third kappa shape index (κ3) is 1.41. The largest absolute Gasteiger partial charge is 0.399 e. The summed E-state index contributed by atoms with van der Waals surface area (Å²) in [6.07, 6.45) is 3.57. The van der Waals surface area contributed by atoms with Crippen molar-refractivity contribution in [3.8, 4) is 0 Å². The second-order valence-electron chi connectivity index (χ2n) is 4.42. The molecule has 0 amide bonds. The number of hydrogen-bond donors (Lipinski definition) is 1. The molecule has 2 N–H and O–H groups in total. The van der Waals surface area contributed by atoms with E-state index in [9.17, 15) is 0 Å². The number of aromatic nitrogens is 4. The van der Waals surface area contributed by atoms with Crippen molar-refractivity contribution in [1.82, 2.24) is 19.3 Å². The van der Waals surface area contributed by atoms with Gasteiger partial charge in [-0.2, -0.15) is 0 Å². The van der Waals surface area contributed by atoms with Gasteiger partial charge in [-0.3, -0.25) is 0 Å². The van der Waals surface area contributed by atoms with Crippen molar-refractivity contribution in [3.63, 3.8) is 0 Å². The quantitative estimate of drug-likeness (QED) is 0.526. The van der Waals surface area contributed by atoms with Crippen molar-refractivity contribution < 1.29 is 0 Å². The summed E-state index contributed by atoms with van der Waals surface area (Å²) in [5.74, 6) is 0. The van der Waals surface area contributed by atoms with Gasteiger partial charge in [0.05, 0.1) is 22.1 Å². The Morgan fingerprint density at radius 2 is 1.47 bits per heavy atom. The summed E-state index contributed by atoms with van der Waals surface area (Å²) in [4.78, 5) is 8.77. The Morgan fingerprint density at radius 1 is 0.789 bits per heavy atom. The molecule has 0 radical (unpaired) electrons. The van der Waals surface area contributed by atoms with Gasteiger partial charge < -0.3 is 5.73 Å². The van der Waals surface area contributed by atoms with Crippen LogP contribution in [0.1, 0.15) is 0 Å². The number of anilines is 1. The van der Waals surface area contributed by atoms with Crippen molar-refractivity contribution in [2.24, 2.45) is 0 Å². The fourth-order valence-electron chi connectivity index (χ4n) is 2.31. The van der Waals surface area contributed by atoms with Crippen molar-refractivity contribution >= 4 is 27.8 Å². The van der Waals surface area contributed by atoms with Gasteiger partial charge in [-0.1, -0.05) is 12.1 Å². The molecule has 5 heteroatoms. The van der Waals surface area contributed by atoms with Gasteiger partial charge >= 0.3 is 0 Å². The first-order valence-electron chi connectivity index (χ1n) is 5.98. The van der Waals surface area contributed by atoms with Crippen LogP contribution in [0.15, 0.2) is 55.1 Å². The molecule has 0 aliphatic rings. The lowest BCUT2D eigenvalue weighted by atomic mass is 10.3. The van der Waals surface area contributed by atoms with Crippen molar-refractivity contribution in [2.75, 3.05) is 5.73 Å². The molecule has 4 aromatic rings. The fourth-order valence-corrected chi connectivity index (χ4v) is 2.31. The number of imidazole rings is 2. The zero-order valence-corrected chi connectivity index (χ0v) is 10.1. The van der Waals surface area contributed by atoms with Gasteiger partial charge in [-0.15, -0.1) is 0 Å². The van der Waals surface area contributed by atoms with Gasteiger partial charge in [0, 0.05) is 5.69 Å². The molecular formula is C14H11N5. The molecule has 2 heterocycles. The first-order valence-corrected chi connectivity index (χ1v) is 5.98. The van der Waals surface area contributed by atoms with Gasteiger partial charge in [0.2, 0.25) is 0 Å². The monoisotopic (exact) mass is 249 g/mol. The first-order chi connectivity index (χ1) is 9.33. The minimum atomic E-state index is 0.716. The summed E-state index contributed by atoms with van der Waals surface area (Å²) in [6, 6.07) is 13.7. The Balaban J connectivity index is 2.04. The third-order valence-electron chi connectivity index (χ3n) is 3.22. The molecule has 4 rings (SSSR count). The van der Waals surface area contributed by atoms with Gasteiger partial charge in [0.25, 0.3) is 0 Å². The molecule has 0 atom stereocenters. The van der Waals surface area contributed by atoms with Gasteiger partial charge in [-0.05, 0) is 30.3 Å². The SMILES string of the molecule is Nc1ccc2c(c1)ncn2-n1cnc2ccccc21. The highest BCUT2D eigenvalue weighted by atomic mass is 15.5. The standard InChI is InChI=1S/C14H11N5/c15-10-5-6-14-12(7-10)17-9-19(14)18-8-16-11-3-1-2-4-13(11)18/h1-9H,15H2. The van der Waals surface area contributed by atoms with Crippen LogP contribution in [0.5, 0.6) is 0 Å². The van der Waals surface area contributed by atoms with Crippen LogP contribution in [0.25, 0.3) is 22.1 Å². The minimum Gasteiger partial charge on any atom is -0.399 e. The lowest BCUT2D eigenvalue weighted by Crippen LogP contribution is -2.05. The highest BCUT2D eigenvalue weighted by Gasteiger charge is 2.07. The lowest BCUT2D eigenvalue weighted by Gasteiger charge is -2.06. The van der Waals surface area contributed by atoms with E-state index in [0.29, 0.717) is 5.69 Å². The number of benzene rings is 2. The molecule has 5 nitrogen and oxygen atoms in total. The third-order valence-corrected chi connectivity index (χ3v) is 3.22. The normalized spacial score (nSPS) is 11.4. The number of fused-ring (bicyclic) bond motifs is 2. The van der Waals surface area contributed by atoms with Crippen molar-refractivity contribution in [3.05, 3.63) is 55.1 Å². The molecule has 2 aromatic heterocycles. The molecule has 0 fully saturated rings. The molecule has 0 saturated carbocycles. The van der Waals surface area contributed by atoms with Gasteiger partial charge in [0.15, 0.2) is 0 Å². The predicted octanol–water partition coefficient (Wildman–Crippen LogP) is 2.28. The highest BCUT2D eigenvalue weighted by molar-refractivity contribution is 5.80. The first kappa shape index (κ1) is 10.1. The maximum atomic E-state index is 5.77. The van der Waals surface area contributed by atoms with Crippen LogP contribution in [0.2, 0.25) is 0 Å². The molecule has 0 unspecified atom stereocenters. The van der Waals surface area contributed by atoms with E-state index in [4.69, 9.17) is 5.73 Å². The maximum Gasteiger partial charge on any atom is 0.116 e. The van der Waals surface area contributed by atoms with Crippen LogP contribution in [-0.2, 0) is 0 Å². The molecule has 0 spiro atoms. The molecule has 0 aliphatic heterocycles. The molecule has 19 heavy (non-hydrogen) atoms. The van der Waals surface area contributed by atoms with Crippen LogP contribution >= 0.6 is 0 Å². The summed E-state index contributed by atoms with van der Waals surface area (Å²) in [5.41, 5.74) is 10.4. The van der Waals surface area contributed by atoms with E-state index < -0.39 is 0 Å². The van der Waals surface area contributed by atoms with E-state index in [1.54, 1.807) is 12.7 Å². The van der Waals surface area contributed by atoms with Gasteiger partial charge in [-0.25, -0.2) is 19.3 Å². The van der Waals surface area contributed by atoms with E-state index >= 15 is 0 Å². The number of rotatable bonds is 1. The number of nitrogen functional groups attached to an aromatic ring is 1. The predicted molar refractivity (Wildman–Crippen MR) is 74.7 cm³/mol. The summed E-state index contributed by atoms with van der Waals surface area (Å²) < 4.78 is 3.94. The van der Waals surface area contributed by atoms with Crippen LogP contribution in [0.4, 0.5) is 5.69 Å². The molecule has 2 aromatic carbocycles. The Labute approximate surface area is 108 Å². The number of nitrogens with two attached hydrogens (primary N) is 1. The second-order valence-corrected chi connectivity index (χ2v) is 4.42. The molecule has 0 aliphatic carbocycles. The Morgan fingerprint density at radius 3 is 2.32 bits per heavy atom. The second kappa shape index (κ2) is 3.58. The Hall–Kier alpha value is -2.82. The van der Waals surface area contributed by atoms with E-state index in [1.165, 1.54) is 0 Å². The van der Waals surface area contributed by atoms with Crippen LogP contribution in [0.3, 0.4) is 0 Å². The average molecular weight is 249 g/mol. The smallest absolute Gasteiger partial charge is 0.116 e. The topological polar surface area (TPSA) is 61.7 Å². The Bertz CT molecular complexity index is 887. The fraction of sp³-hybridized carbons (Fsp3) is 0. The number of hydrogen-bond acceptors (Lipinski definition) is 3. The average Bonchev–Trinajstić information content (AvgIpc) is 3.01. The number of nitrogens with zero attached hydrogens (tertiary/aromatic N) is 4. The molecule has 92 valence electrons. The summed E-state index contributed by atoms with van der Waals surface area (Å²) in [5, 5.41) is 0. The van der Waals surface area contributed by atoms with Crippen LogP contribution in [0, 0.1) is 0 Å².